The zero-order valence-corrected chi connectivity index (χ0v) is 21.2. The monoisotopic (exact) mass is 488 g/mol. The van der Waals surface area contributed by atoms with E-state index >= 15 is 0 Å². The summed E-state index contributed by atoms with van der Waals surface area (Å²) in [5.74, 6) is -0.548. The lowest BCUT2D eigenvalue weighted by Crippen LogP contribution is -2.53. The van der Waals surface area contributed by atoms with E-state index in [1.54, 1.807) is 18.5 Å². The van der Waals surface area contributed by atoms with Crippen LogP contribution in [0, 0.1) is 6.92 Å². The molecule has 0 spiro atoms. The molecule has 0 radical (unpaired) electrons. The minimum Gasteiger partial charge on any atom is -0.340 e. The summed E-state index contributed by atoms with van der Waals surface area (Å²) in [4.78, 5) is 50.7. The minimum absolute atomic E-state index is 0.0186. The number of amides is 3. The van der Waals surface area contributed by atoms with Crippen molar-refractivity contribution in [2.24, 2.45) is 0 Å². The molecule has 3 amide bonds. The second-order valence-electron chi connectivity index (χ2n) is 10.6. The summed E-state index contributed by atoms with van der Waals surface area (Å²) in [5, 5.41) is 0. The lowest BCUT2D eigenvalue weighted by atomic mass is 9.74. The standard InChI is InChI=1S/C29H36N4O3/c1-22-8-5-6-12-25(22)29(19-27(35)33(28(29)36)21-23-9-7-13-30-20-23)18-26(34)32-16-14-31(15-17-32)24-10-3-2-4-11-24/h5-9,12-13,20,24H,2-4,10-11,14-19,21H2,1H3. The Hall–Kier alpha value is -3.06. The number of pyridine rings is 1. The van der Waals surface area contributed by atoms with E-state index in [2.05, 4.69) is 9.88 Å². The molecule has 1 unspecified atom stereocenters. The summed E-state index contributed by atoms with van der Waals surface area (Å²) in [7, 11) is 0. The maximum absolute atomic E-state index is 14.0. The molecule has 2 saturated heterocycles. The van der Waals surface area contributed by atoms with Crippen molar-refractivity contribution in [3.8, 4) is 0 Å². The summed E-state index contributed by atoms with van der Waals surface area (Å²) >= 11 is 0. The maximum Gasteiger partial charge on any atom is 0.241 e. The lowest BCUT2D eigenvalue weighted by Gasteiger charge is -2.41. The van der Waals surface area contributed by atoms with E-state index in [1.807, 2.05) is 42.2 Å². The minimum atomic E-state index is -1.16. The molecule has 3 fully saturated rings. The fraction of sp³-hybridized carbons (Fsp3) is 0.517. The first-order valence-electron chi connectivity index (χ1n) is 13.3. The van der Waals surface area contributed by atoms with Gasteiger partial charge in [-0.3, -0.25) is 29.2 Å². The van der Waals surface area contributed by atoms with Crippen LogP contribution >= 0.6 is 0 Å². The van der Waals surface area contributed by atoms with Crippen molar-refractivity contribution in [2.45, 2.75) is 69.9 Å². The molecule has 0 N–H and O–H groups in total. The summed E-state index contributed by atoms with van der Waals surface area (Å²) in [6.07, 6.45) is 9.83. The number of hydrogen-bond acceptors (Lipinski definition) is 5. The van der Waals surface area contributed by atoms with Gasteiger partial charge in [-0.25, -0.2) is 0 Å². The van der Waals surface area contributed by atoms with Crippen molar-refractivity contribution in [3.63, 3.8) is 0 Å². The number of carbonyl (C=O) groups is 3. The third-order valence-electron chi connectivity index (χ3n) is 8.34. The quantitative estimate of drug-likeness (QED) is 0.583. The fourth-order valence-corrected chi connectivity index (χ4v) is 6.34. The molecule has 1 aromatic heterocycles. The van der Waals surface area contributed by atoms with Gasteiger partial charge in [-0.05, 0) is 42.5 Å². The van der Waals surface area contributed by atoms with Gasteiger partial charge in [-0.2, -0.15) is 0 Å². The predicted molar refractivity (Wildman–Crippen MR) is 137 cm³/mol. The molecule has 36 heavy (non-hydrogen) atoms. The van der Waals surface area contributed by atoms with Crippen LogP contribution in [0.25, 0.3) is 0 Å². The number of hydrogen-bond donors (Lipinski definition) is 0. The molecule has 190 valence electrons. The van der Waals surface area contributed by atoms with Gasteiger partial charge in [0.15, 0.2) is 0 Å². The van der Waals surface area contributed by atoms with E-state index in [0.717, 1.165) is 29.8 Å². The third-order valence-corrected chi connectivity index (χ3v) is 8.34. The molecule has 2 aliphatic heterocycles. The topological polar surface area (TPSA) is 73.8 Å². The van der Waals surface area contributed by atoms with Crippen LogP contribution in [0.15, 0.2) is 48.8 Å². The first-order valence-corrected chi connectivity index (χ1v) is 13.3. The molecule has 5 rings (SSSR count). The van der Waals surface area contributed by atoms with Crippen LogP contribution in [0.4, 0.5) is 0 Å². The molecule has 1 atom stereocenters. The smallest absolute Gasteiger partial charge is 0.241 e. The summed E-state index contributed by atoms with van der Waals surface area (Å²) in [6, 6.07) is 12.0. The van der Waals surface area contributed by atoms with Gasteiger partial charge in [0.05, 0.1) is 12.0 Å². The highest BCUT2D eigenvalue weighted by Gasteiger charge is 2.54. The molecular weight excluding hydrogens is 452 g/mol. The van der Waals surface area contributed by atoms with Crippen LogP contribution in [-0.4, -0.2) is 69.6 Å². The van der Waals surface area contributed by atoms with Gasteiger partial charge in [-0.1, -0.05) is 49.6 Å². The Morgan fingerprint density at radius 2 is 1.75 bits per heavy atom. The molecule has 1 aromatic carbocycles. The number of aryl methyl sites for hydroxylation is 1. The number of benzene rings is 1. The van der Waals surface area contributed by atoms with Crippen LogP contribution in [0.1, 0.15) is 61.6 Å². The summed E-state index contributed by atoms with van der Waals surface area (Å²) in [6.45, 7) is 5.25. The third kappa shape index (κ3) is 4.81. The highest BCUT2D eigenvalue weighted by Crippen LogP contribution is 2.42. The van der Waals surface area contributed by atoms with E-state index in [9.17, 15) is 14.4 Å². The molecular formula is C29H36N4O3. The van der Waals surface area contributed by atoms with E-state index in [-0.39, 0.29) is 37.1 Å². The average molecular weight is 489 g/mol. The normalized spacial score (nSPS) is 23.9. The van der Waals surface area contributed by atoms with Crippen molar-refractivity contribution in [2.75, 3.05) is 26.2 Å². The number of rotatable bonds is 6. The lowest BCUT2D eigenvalue weighted by molar-refractivity contribution is -0.143. The van der Waals surface area contributed by atoms with Crippen LogP contribution < -0.4 is 0 Å². The number of imide groups is 1. The van der Waals surface area contributed by atoms with Crippen molar-refractivity contribution in [1.82, 2.24) is 19.7 Å². The predicted octanol–water partition coefficient (Wildman–Crippen LogP) is 3.45. The van der Waals surface area contributed by atoms with E-state index < -0.39 is 5.41 Å². The molecule has 1 saturated carbocycles. The zero-order chi connectivity index (χ0) is 25.1. The van der Waals surface area contributed by atoms with Gasteiger partial charge in [0.25, 0.3) is 0 Å². The van der Waals surface area contributed by atoms with Crippen molar-refractivity contribution in [1.29, 1.82) is 0 Å². The molecule has 2 aromatic rings. The maximum atomic E-state index is 14.0. The second kappa shape index (κ2) is 10.5. The van der Waals surface area contributed by atoms with Gasteiger partial charge in [0.1, 0.15) is 0 Å². The number of nitrogens with zero attached hydrogens (tertiary/aromatic N) is 4. The Balaban J connectivity index is 1.35. The zero-order valence-electron chi connectivity index (χ0n) is 21.2. The molecule has 3 heterocycles. The molecule has 3 aliphatic rings. The van der Waals surface area contributed by atoms with E-state index in [1.165, 1.54) is 37.0 Å². The largest absolute Gasteiger partial charge is 0.340 e. The number of carbonyl (C=O) groups excluding carboxylic acids is 3. The Morgan fingerprint density at radius 3 is 2.44 bits per heavy atom. The van der Waals surface area contributed by atoms with Crippen LogP contribution in [0.3, 0.4) is 0 Å². The molecule has 1 aliphatic carbocycles. The highest BCUT2D eigenvalue weighted by molar-refractivity contribution is 6.10. The first kappa shape index (κ1) is 24.6. The molecule has 0 bridgehead atoms. The second-order valence-corrected chi connectivity index (χ2v) is 10.6. The Morgan fingerprint density at radius 1 is 1.00 bits per heavy atom. The van der Waals surface area contributed by atoms with Crippen molar-refractivity contribution < 1.29 is 14.4 Å². The Labute approximate surface area is 213 Å². The van der Waals surface area contributed by atoms with Crippen molar-refractivity contribution >= 4 is 17.7 Å². The van der Waals surface area contributed by atoms with Gasteiger partial charge in [0, 0.05) is 57.5 Å². The van der Waals surface area contributed by atoms with Gasteiger partial charge < -0.3 is 4.90 Å². The summed E-state index contributed by atoms with van der Waals surface area (Å²) < 4.78 is 0. The van der Waals surface area contributed by atoms with Gasteiger partial charge in [-0.15, -0.1) is 0 Å². The SMILES string of the molecule is Cc1ccccc1C1(CC(=O)N2CCN(C3CCCCC3)CC2)CC(=O)N(Cc2cccnc2)C1=O. The van der Waals surface area contributed by atoms with Crippen molar-refractivity contribution in [3.05, 3.63) is 65.5 Å². The Bertz CT molecular complexity index is 1110. The number of piperazine rings is 1. The van der Waals surface area contributed by atoms with Crippen LogP contribution in [0.2, 0.25) is 0 Å². The summed E-state index contributed by atoms with van der Waals surface area (Å²) in [5.41, 5.74) is 1.34. The van der Waals surface area contributed by atoms with E-state index in [0.29, 0.717) is 19.1 Å². The van der Waals surface area contributed by atoms with Crippen LogP contribution in [-0.2, 0) is 26.3 Å². The number of likely N-dealkylation sites (tertiary alicyclic amines) is 1. The fourth-order valence-electron chi connectivity index (χ4n) is 6.34. The van der Waals surface area contributed by atoms with Gasteiger partial charge in [0.2, 0.25) is 17.7 Å². The first-order chi connectivity index (χ1) is 17.5. The van der Waals surface area contributed by atoms with Gasteiger partial charge >= 0.3 is 0 Å². The highest BCUT2D eigenvalue weighted by atomic mass is 16.2. The number of aromatic nitrogens is 1. The Kier molecular flexibility index (Phi) is 7.19. The average Bonchev–Trinajstić information content (AvgIpc) is 3.14. The van der Waals surface area contributed by atoms with E-state index in [4.69, 9.17) is 0 Å². The van der Waals surface area contributed by atoms with Crippen LogP contribution in [0.5, 0.6) is 0 Å². The molecule has 7 nitrogen and oxygen atoms in total. The molecule has 7 heteroatoms.